The number of nitrogens with one attached hydrogen (secondary N) is 1. The van der Waals surface area contributed by atoms with Gasteiger partial charge in [-0.25, -0.2) is 0 Å². The Balaban J connectivity index is 2.04. The van der Waals surface area contributed by atoms with E-state index in [9.17, 15) is 4.79 Å². The van der Waals surface area contributed by atoms with Crippen molar-refractivity contribution in [1.29, 1.82) is 0 Å². The first kappa shape index (κ1) is 14.5. The lowest BCUT2D eigenvalue weighted by Gasteiger charge is -2.08. The molecule has 3 nitrogen and oxygen atoms in total. The second kappa shape index (κ2) is 6.53. The van der Waals surface area contributed by atoms with Gasteiger partial charge in [0.05, 0.1) is 11.3 Å². The molecule has 2 rings (SSSR count). The molecule has 0 saturated carbocycles. The summed E-state index contributed by atoms with van der Waals surface area (Å²) in [6.07, 6.45) is 0. The van der Waals surface area contributed by atoms with Crippen molar-refractivity contribution in [2.75, 3.05) is 0 Å². The average Bonchev–Trinajstić information content (AvgIpc) is 2.45. The Morgan fingerprint density at radius 2 is 1.95 bits per heavy atom. The number of benzene rings is 1. The zero-order valence-corrected chi connectivity index (χ0v) is 12.4. The van der Waals surface area contributed by atoms with Gasteiger partial charge in [0.2, 0.25) is 0 Å². The van der Waals surface area contributed by atoms with Gasteiger partial charge >= 0.3 is 0 Å². The fourth-order valence-electron chi connectivity index (χ4n) is 2.03. The molecule has 1 N–H and O–H groups in total. The Hall–Kier alpha value is -1.87. The zero-order valence-electron chi connectivity index (χ0n) is 11.6. The van der Waals surface area contributed by atoms with Crippen LogP contribution in [0.25, 0.3) is 0 Å². The Bertz CT molecular complexity index is 626. The summed E-state index contributed by atoms with van der Waals surface area (Å²) in [5, 5.41) is 2.90. The van der Waals surface area contributed by atoms with Crippen LogP contribution in [-0.4, -0.2) is 10.9 Å². The second-order valence-corrected chi connectivity index (χ2v) is 4.99. The number of carbonyl (C=O) groups excluding carboxylic acids is 1. The molecular formula is C16H17ClN2O. The van der Waals surface area contributed by atoms with Crippen molar-refractivity contribution in [1.82, 2.24) is 10.3 Å². The first-order chi connectivity index (χ1) is 9.60. The predicted octanol–water partition coefficient (Wildman–Crippen LogP) is 3.37. The molecule has 0 spiro atoms. The molecule has 4 heteroatoms. The second-order valence-electron chi connectivity index (χ2n) is 4.72. The largest absolute Gasteiger partial charge is 0.348 e. The highest BCUT2D eigenvalue weighted by molar-refractivity contribution is 6.17. The van der Waals surface area contributed by atoms with Crippen molar-refractivity contribution in [2.24, 2.45) is 0 Å². The molecule has 0 atom stereocenters. The minimum absolute atomic E-state index is 0.105. The van der Waals surface area contributed by atoms with Crippen molar-refractivity contribution in [2.45, 2.75) is 26.3 Å². The maximum atomic E-state index is 12.1. The minimum Gasteiger partial charge on any atom is -0.348 e. The molecule has 0 saturated heterocycles. The smallest absolute Gasteiger partial charge is 0.253 e. The van der Waals surface area contributed by atoms with E-state index >= 15 is 0 Å². The van der Waals surface area contributed by atoms with Crippen molar-refractivity contribution in [3.63, 3.8) is 0 Å². The third-order valence-electron chi connectivity index (χ3n) is 3.07. The topological polar surface area (TPSA) is 42.0 Å². The van der Waals surface area contributed by atoms with Crippen LogP contribution in [-0.2, 0) is 12.4 Å². The Morgan fingerprint density at radius 1 is 1.20 bits per heavy atom. The van der Waals surface area contributed by atoms with Crippen LogP contribution in [0.1, 0.15) is 32.9 Å². The van der Waals surface area contributed by atoms with Crippen LogP contribution in [0.3, 0.4) is 0 Å². The molecule has 1 amide bonds. The van der Waals surface area contributed by atoms with Crippen LogP contribution in [0.5, 0.6) is 0 Å². The van der Waals surface area contributed by atoms with Gasteiger partial charge in [0.25, 0.3) is 5.91 Å². The van der Waals surface area contributed by atoms with E-state index in [1.54, 1.807) is 0 Å². The van der Waals surface area contributed by atoms with Gasteiger partial charge in [0, 0.05) is 18.1 Å². The van der Waals surface area contributed by atoms with Gasteiger partial charge < -0.3 is 5.32 Å². The summed E-state index contributed by atoms with van der Waals surface area (Å²) in [6, 6.07) is 11.5. The summed E-state index contributed by atoms with van der Waals surface area (Å²) < 4.78 is 0. The number of halogens is 1. The van der Waals surface area contributed by atoms with E-state index in [4.69, 9.17) is 11.6 Å². The minimum atomic E-state index is -0.105. The van der Waals surface area contributed by atoms with Crippen molar-refractivity contribution >= 4 is 17.5 Å². The lowest BCUT2D eigenvalue weighted by molar-refractivity contribution is 0.0950. The Labute approximate surface area is 124 Å². The van der Waals surface area contributed by atoms with Gasteiger partial charge in [0.1, 0.15) is 0 Å². The number of hydrogen-bond donors (Lipinski definition) is 1. The molecule has 0 radical (unpaired) electrons. The van der Waals surface area contributed by atoms with Crippen LogP contribution in [0, 0.1) is 13.8 Å². The van der Waals surface area contributed by atoms with Crippen LogP contribution >= 0.6 is 11.6 Å². The number of aryl methyl sites for hydroxylation is 2. The fourth-order valence-corrected chi connectivity index (χ4v) is 2.19. The molecule has 0 aliphatic rings. The zero-order chi connectivity index (χ0) is 14.5. The molecule has 1 heterocycles. The number of aromatic nitrogens is 1. The van der Waals surface area contributed by atoms with E-state index in [2.05, 4.69) is 10.3 Å². The van der Waals surface area contributed by atoms with E-state index in [1.165, 1.54) is 0 Å². The summed E-state index contributed by atoms with van der Waals surface area (Å²) in [5.41, 5.74) is 4.36. The number of alkyl halides is 1. The lowest BCUT2D eigenvalue weighted by Crippen LogP contribution is -2.24. The summed E-state index contributed by atoms with van der Waals surface area (Å²) in [7, 11) is 0. The van der Waals surface area contributed by atoms with Gasteiger partial charge in [-0.1, -0.05) is 24.3 Å². The van der Waals surface area contributed by atoms with Crippen LogP contribution in [0.2, 0.25) is 0 Å². The number of hydrogen-bond acceptors (Lipinski definition) is 2. The summed E-state index contributed by atoms with van der Waals surface area (Å²) in [5.74, 6) is 0.370. The van der Waals surface area contributed by atoms with Gasteiger partial charge in [-0.15, -0.1) is 11.6 Å². The molecule has 0 aliphatic heterocycles. The SMILES string of the molecule is Cc1ccc(C(=O)NCc2cccc(CCl)c2)c(C)n1. The Morgan fingerprint density at radius 3 is 2.65 bits per heavy atom. The maximum absolute atomic E-state index is 12.1. The predicted molar refractivity (Wildman–Crippen MR) is 80.9 cm³/mol. The van der Waals surface area contributed by atoms with E-state index in [0.29, 0.717) is 18.0 Å². The number of pyridine rings is 1. The van der Waals surface area contributed by atoms with Crippen LogP contribution < -0.4 is 5.32 Å². The fraction of sp³-hybridized carbons (Fsp3) is 0.250. The van der Waals surface area contributed by atoms with Gasteiger partial charge in [0.15, 0.2) is 0 Å². The highest BCUT2D eigenvalue weighted by Crippen LogP contribution is 2.09. The molecule has 0 unspecified atom stereocenters. The Kier molecular flexibility index (Phi) is 4.74. The van der Waals surface area contributed by atoms with E-state index < -0.39 is 0 Å². The molecule has 104 valence electrons. The van der Waals surface area contributed by atoms with Crippen molar-refractivity contribution in [3.05, 3.63) is 64.5 Å². The molecule has 1 aromatic heterocycles. The number of carbonyl (C=O) groups is 1. The number of nitrogens with zero attached hydrogens (tertiary/aromatic N) is 1. The monoisotopic (exact) mass is 288 g/mol. The summed E-state index contributed by atoms with van der Waals surface area (Å²) in [4.78, 5) is 16.4. The third-order valence-corrected chi connectivity index (χ3v) is 3.38. The highest BCUT2D eigenvalue weighted by Gasteiger charge is 2.09. The quantitative estimate of drug-likeness (QED) is 0.877. The molecule has 1 aromatic carbocycles. The lowest BCUT2D eigenvalue weighted by atomic mass is 10.1. The van der Waals surface area contributed by atoms with Crippen molar-refractivity contribution in [3.8, 4) is 0 Å². The normalized spacial score (nSPS) is 10.3. The summed E-state index contributed by atoms with van der Waals surface area (Å²) in [6.45, 7) is 4.24. The standard InChI is InChI=1S/C16H17ClN2O/c1-11-6-7-15(12(2)19-11)16(20)18-10-14-5-3-4-13(8-14)9-17/h3-8H,9-10H2,1-2H3,(H,18,20). The molecule has 0 fully saturated rings. The number of amides is 1. The first-order valence-corrected chi connectivity index (χ1v) is 7.00. The maximum Gasteiger partial charge on any atom is 0.253 e. The molecular weight excluding hydrogens is 272 g/mol. The summed E-state index contributed by atoms with van der Waals surface area (Å²) >= 11 is 5.80. The van der Waals surface area contributed by atoms with Crippen molar-refractivity contribution < 1.29 is 4.79 Å². The van der Waals surface area contributed by atoms with E-state index in [-0.39, 0.29) is 5.91 Å². The van der Waals surface area contributed by atoms with E-state index in [1.807, 2.05) is 50.2 Å². The van der Waals surface area contributed by atoms with Crippen LogP contribution in [0.4, 0.5) is 0 Å². The molecule has 20 heavy (non-hydrogen) atoms. The molecule has 0 bridgehead atoms. The van der Waals surface area contributed by atoms with Gasteiger partial charge in [-0.05, 0) is 37.1 Å². The molecule has 0 aliphatic carbocycles. The van der Waals surface area contributed by atoms with E-state index in [0.717, 1.165) is 22.5 Å². The third kappa shape index (κ3) is 3.58. The first-order valence-electron chi connectivity index (χ1n) is 6.46. The van der Waals surface area contributed by atoms with Crippen LogP contribution in [0.15, 0.2) is 36.4 Å². The number of rotatable bonds is 4. The molecule has 2 aromatic rings. The highest BCUT2D eigenvalue weighted by atomic mass is 35.5. The van der Waals surface area contributed by atoms with Gasteiger partial charge in [-0.2, -0.15) is 0 Å². The van der Waals surface area contributed by atoms with Gasteiger partial charge in [-0.3, -0.25) is 9.78 Å². The average molecular weight is 289 g/mol.